The van der Waals surface area contributed by atoms with Gasteiger partial charge < -0.3 is 10.6 Å². The van der Waals surface area contributed by atoms with E-state index in [1.807, 2.05) is 0 Å². The van der Waals surface area contributed by atoms with Crippen molar-refractivity contribution in [2.45, 2.75) is 11.3 Å². The molecule has 7 heteroatoms. The van der Waals surface area contributed by atoms with Crippen molar-refractivity contribution >= 4 is 27.3 Å². The smallest absolute Gasteiger partial charge is 0.227 e. The van der Waals surface area contributed by atoms with Crippen molar-refractivity contribution in [3.05, 3.63) is 35.2 Å². The monoisotopic (exact) mass is 292 g/mol. The Morgan fingerprint density at radius 1 is 1.30 bits per heavy atom. The average molecular weight is 292 g/mol. The summed E-state index contributed by atoms with van der Waals surface area (Å²) in [6.45, 7) is 0.129. The molecule has 3 rings (SSSR count). The van der Waals surface area contributed by atoms with E-state index in [0.29, 0.717) is 11.3 Å². The maximum absolute atomic E-state index is 12.0. The highest BCUT2D eigenvalue weighted by atomic mass is 32.2. The van der Waals surface area contributed by atoms with Gasteiger partial charge in [-0.05, 0) is 6.07 Å². The Bertz CT molecular complexity index is 751. The van der Waals surface area contributed by atoms with E-state index in [1.54, 1.807) is 18.2 Å². The number of nitrogens with two attached hydrogens (primary N) is 1. The number of benzene rings is 1. The van der Waals surface area contributed by atoms with Crippen LogP contribution in [-0.4, -0.2) is 31.7 Å². The van der Waals surface area contributed by atoms with Crippen LogP contribution >= 0.6 is 0 Å². The number of hydrogen-bond acceptors (Lipinski definition) is 4. The second kappa shape index (κ2) is 4.17. The molecule has 1 aromatic carbocycles. The number of nitrogens with zero attached hydrogens (tertiary/aromatic N) is 1. The third-order valence-electron chi connectivity index (χ3n) is 3.55. The quantitative estimate of drug-likeness (QED) is 0.836. The van der Waals surface area contributed by atoms with Crippen LogP contribution in [0.5, 0.6) is 0 Å². The number of carbonyl (C=O) groups excluding carboxylic acids is 2. The standard InChI is InChI=1S/C13H12N2O4S/c14-13(17)8-5-12(16)15(6-8)10-7-20(18,19)11-4-2-1-3-9(10)11/h1-4,7-8H,5-6H2,(H2,14,17). The Morgan fingerprint density at radius 2 is 2.00 bits per heavy atom. The van der Waals surface area contributed by atoms with Crippen LogP contribution in [0, 0.1) is 5.92 Å². The van der Waals surface area contributed by atoms with E-state index in [2.05, 4.69) is 0 Å². The molecule has 2 aliphatic rings. The summed E-state index contributed by atoms with van der Waals surface area (Å²) >= 11 is 0. The molecular weight excluding hydrogens is 280 g/mol. The van der Waals surface area contributed by atoms with Gasteiger partial charge in [0.25, 0.3) is 0 Å². The first-order valence-corrected chi connectivity index (χ1v) is 7.60. The van der Waals surface area contributed by atoms with Crippen LogP contribution in [0.2, 0.25) is 0 Å². The van der Waals surface area contributed by atoms with Crippen molar-refractivity contribution in [2.24, 2.45) is 11.7 Å². The molecule has 6 nitrogen and oxygen atoms in total. The normalized spacial score (nSPS) is 23.6. The number of rotatable bonds is 2. The molecule has 2 amide bonds. The van der Waals surface area contributed by atoms with Gasteiger partial charge in [0.05, 0.1) is 21.9 Å². The van der Waals surface area contributed by atoms with Gasteiger partial charge in [0, 0.05) is 18.5 Å². The van der Waals surface area contributed by atoms with Crippen molar-refractivity contribution in [3.63, 3.8) is 0 Å². The van der Waals surface area contributed by atoms with E-state index >= 15 is 0 Å². The van der Waals surface area contributed by atoms with E-state index in [1.165, 1.54) is 11.0 Å². The molecule has 1 fully saturated rings. The summed E-state index contributed by atoms with van der Waals surface area (Å²) in [5, 5.41) is 1.08. The van der Waals surface area contributed by atoms with Crippen LogP contribution < -0.4 is 5.73 Å². The lowest BCUT2D eigenvalue weighted by Gasteiger charge is -2.17. The van der Waals surface area contributed by atoms with Crippen LogP contribution in [0.4, 0.5) is 0 Å². The largest absolute Gasteiger partial charge is 0.369 e. The van der Waals surface area contributed by atoms with E-state index in [-0.39, 0.29) is 23.8 Å². The molecule has 0 spiro atoms. The Kier molecular flexibility index (Phi) is 2.68. The summed E-state index contributed by atoms with van der Waals surface area (Å²) in [6, 6.07) is 6.49. The minimum Gasteiger partial charge on any atom is -0.369 e. The number of sulfone groups is 1. The fourth-order valence-electron chi connectivity index (χ4n) is 2.54. The molecular formula is C13H12N2O4S. The molecule has 104 valence electrons. The lowest BCUT2D eigenvalue weighted by Crippen LogP contribution is -2.27. The Balaban J connectivity index is 2.05. The van der Waals surface area contributed by atoms with Crippen LogP contribution in [0.15, 0.2) is 34.6 Å². The Labute approximate surface area is 115 Å². The van der Waals surface area contributed by atoms with Crippen molar-refractivity contribution in [2.75, 3.05) is 6.54 Å². The zero-order valence-corrected chi connectivity index (χ0v) is 11.3. The summed E-state index contributed by atoms with van der Waals surface area (Å²) in [5.41, 5.74) is 6.03. The average Bonchev–Trinajstić information content (AvgIpc) is 2.89. The Hall–Kier alpha value is -2.15. The molecule has 2 aliphatic heterocycles. The SMILES string of the molecule is NC(=O)C1CC(=O)N(C2=CS(=O)(=O)c3ccccc32)C1. The van der Waals surface area contributed by atoms with E-state index in [9.17, 15) is 18.0 Å². The molecule has 0 bridgehead atoms. The predicted octanol–water partition coefficient (Wildman–Crippen LogP) is 0.106. The lowest BCUT2D eigenvalue weighted by molar-refractivity contribution is -0.126. The summed E-state index contributed by atoms with van der Waals surface area (Å²) in [7, 11) is -3.53. The highest BCUT2D eigenvalue weighted by Crippen LogP contribution is 2.37. The maximum atomic E-state index is 12.0. The molecule has 0 saturated carbocycles. The predicted molar refractivity (Wildman–Crippen MR) is 70.6 cm³/mol. The van der Waals surface area contributed by atoms with Gasteiger partial charge in [-0.3, -0.25) is 9.59 Å². The number of primary amides is 1. The van der Waals surface area contributed by atoms with Crippen molar-refractivity contribution in [1.82, 2.24) is 4.90 Å². The number of likely N-dealkylation sites (tertiary alicyclic amines) is 1. The molecule has 2 heterocycles. The fraction of sp³-hybridized carbons (Fsp3) is 0.231. The molecule has 0 radical (unpaired) electrons. The Morgan fingerprint density at radius 3 is 2.65 bits per heavy atom. The van der Waals surface area contributed by atoms with Crippen molar-refractivity contribution in [3.8, 4) is 0 Å². The van der Waals surface area contributed by atoms with Crippen LogP contribution in [0.3, 0.4) is 0 Å². The first-order chi connectivity index (χ1) is 9.40. The molecule has 1 unspecified atom stereocenters. The van der Waals surface area contributed by atoms with Crippen molar-refractivity contribution < 1.29 is 18.0 Å². The van der Waals surface area contributed by atoms with Gasteiger partial charge in [-0.1, -0.05) is 18.2 Å². The highest BCUT2D eigenvalue weighted by molar-refractivity contribution is 7.95. The summed E-state index contributed by atoms with van der Waals surface area (Å²) in [5.74, 6) is -1.40. The molecule has 1 aromatic rings. The fourth-order valence-corrected chi connectivity index (χ4v) is 3.96. The molecule has 0 aliphatic carbocycles. The van der Waals surface area contributed by atoms with Gasteiger partial charge >= 0.3 is 0 Å². The second-order valence-electron chi connectivity index (χ2n) is 4.85. The number of fused-ring (bicyclic) bond motifs is 1. The first-order valence-electron chi connectivity index (χ1n) is 6.06. The number of hydrogen-bond donors (Lipinski definition) is 1. The van der Waals surface area contributed by atoms with E-state index < -0.39 is 21.7 Å². The molecule has 1 atom stereocenters. The molecule has 1 saturated heterocycles. The minimum absolute atomic E-state index is 0.0227. The number of carbonyl (C=O) groups is 2. The third kappa shape index (κ3) is 1.82. The zero-order valence-electron chi connectivity index (χ0n) is 10.4. The summed E-state index contributed by atoms with van der Waals surface area (Å²) in [6.07, 6.45) is 0.0227. The number of amides is 2. The van der Waals surface area contributed by atoms with Gasteiger partial charge in [-0.25, -0.2) is 8.42 Å². The van der Waals surface area contributed by atoms with Gasteiger partial charge in [-0.15, -0.1) is 0 Å². The minimum atomic E-state index is -3.53. The maximum Gasteiger partial charge on any atom is 0.227 e. The topological polar surface area (TPSA) is 97.5 Å². The molecule has 2 N–H and O–H groups in total. The molecule has 20 heavy (non-hydrogen) atoms. The van der Waals surface area contributed by atoms with E-state index in [0.717, 1.165) is 5.41 Å². The lowest BCUT2D eigenvalue weighted by atomic mass is 10.1. The first kappa shape index (κ1) is 12.9. The van der Waals surface area contributed by atoms with Gasteiger partial charge in [-0.2, -0.15) is 0 Å². The van der Waals surface area contributed by atoms with Gasteiger partial charge in [0.15, 0.2) is 0 Å². The van der Waals surface area contributed by atoms with Gasteiger partial charge in [0.1, 0.15) is 0 Å². The van der Waals surface area contributed by atoms with Crippen LogP contribution in [-0.2, 0) is 19.4 Å². The summed E-state index contributed by atoms with van der Waals surface area (Å²) < 4.78 is 24.1. The van der Waals surface area contributed by atoms with Crippen LogP contribution in [0.25, 0.3) is 5.70 Å². The summed E-state index contributed by atoms with van der Waals surface area (Å²) in [4.78, 5) is 24.7. The van der Waals surface area contributed by atoms with E-state index in [4.69, 9.17) is 5.73 Å². The molecule has 0 aromatic heterocycles. The second-order valence-corrected chi connectivity index (χ2v) is 6.62. The van der Waals surface area contributed by atoms with Crippen LogP contribution in [0.1, 0.15) is 12.0 Å². The third-order valence-corrected chi connectivity index (χ3v) is 5.06. The van der Waals surface area contributed by atoms with Crippen molar-refractivity contribution in [1.29, 1.82) is 0 Å². The highest BCUT2D eigenvalue weighted by Gasteiger charge is 2.39. The zero-order chi connectivity index (χ0) is 14.5. The van der Waals surface area contributed by atoms with Gasteiger partial charge in [0.2, 0.25) is 21.7 Å².